The minimum absolute atomic E-state index is 0.255. The largest absolute Gasteiger partial charge is 0.497 e. The Balaban J connectivity index is 1.87. The summed E-state index contributed by atoms with van der Waals surface area (Å²) in [4.78, 5) is 12.7. The lowest BCUT2D eigenvalue weighted by atomic mass is 9.99. The minimum atomic E-state index is -3.23. The molecule has 1 aliphatic heterocycles. The van der Waals surface area contributed by atoms with Crippen LogP contribution in [0, 0.1) is 0 Å². The van der Waals surface area contributed by atoms with Gasteiger partial charge in [-0.1, -0.05) is 12.1 Å². The van der Waals surface area contributed by atoms with E-state index in [0.29, 0.717) is 41.0 Å². The summed E-state index contributed by atoms with van der Waals surface area (Å²) in [5, 5.41) is 2.94. The summed E-state index contributed by atoms with van der Waals surface area (Å²) in [6.45, 7) is 0.725. The van der Waals surface area contributed by atoms with E-state index in [1.165, 1.54) is 10.6 Å². The van der Waals surface area contributed by atoms with Gasteiger partial charge in [0.25, 0.3) is 5.91 Å². The number of rotatable bonds is 4. The number of sulfonamides is 1. The zero-order valence-corrected chi connectivity index (χ0v) is 16.9. The molecule has 6 nitrogen and oxygen atoms in total. The van der Waals surface area contributed by atoms with Crippen molar-refractivity contribution in [3.05, 3.63) is 57.6 Å². The molecule has 0 aromatic heterocycles. The van der Waals surface area contributed by atoms with Crippen molar-refractivity contribution in [3.8, 4) is 5.75 Å². The number of amides is 1. The first-order chi connectivity index (χ1) is 12.3. The number of fused-ring (bicyclic) bond motifs is 1. The number of carbonyl (C=O) groups excluding carboxylic acids is 1. The fourth-order valence-electron chi connectivity index (χ4n) is 2.98. The van der Waals surface area contributed by atoms with Gasteiger partial charge in [-0.3, -0.25) is 4.79 Å². The third kappa shape index (κ3) is 3.92. The Bertz CT molecular complexity index is 960. The second kappa shape index (κ2) is 7.38. The molecule has 0 fully saturated rings. The summed E-state index contributed by atoms with van der Waals surface area (Å²) in [5.74, 6) is 0.340. The van der Waals surface area contributed by atoms with Crippen molar-refractivity contribution in [2.45, 2.75) is 13.0 Å². The van der Waals surface area contributed by atoms with E-state index >= 15 is 0 Å². The van der Waals surface area contributed by atoms with Crippen molar-refractivity contribution in [2.75, 3.05) is 25.2 Å². The van der Waals surface area contributed by atoms with Gasteiger partial charge in [0.2, 0.25) is 10.0 Å². The average molecular weight is 439 g/mol. The van der Waals surface area contributed by atoms with Crippen LogP contribution in [0.5, 0.6) is 5.75 Å². The molecule has 0 saturated carbocycles. The van der Waals surface area contributed by atoms with E-state index in [4.69, 9.17) is 4.74 Å². The molecule has 2 aromatic rings. The Kier molecular flexibility index (Phi) is 5.36. The highest BCUT2D eigenvalue weighted by atomic mass is 79.9. The minimum Gasteiger partial charge on any atom is -0.497 e. The van der Waals surface area contributed by atoms with Crippen LogP contribution in [0.3, 0.4) is 0 Å². The summed E-state index contributed by atoms with van der Waals surface area (Å²) in [6, 6.07) is 10.7. The Morgan fingerprint density at radius 2 is 2.04 bits per heavy atom. The van der Waals surface area contributed by atoms with Crippen molar-refractivity contribution in [1.82, 2.24) is 4.31 Å². The predicted octanol–water partition coefficient (Wildman–Crippen LogP) is 3.03. The maximum absolute atomic E-state index is 12.7. The van der Waals surface area contributed by atoms with E-state index in [2.05, 4.69) is 21.2 Å². The van der Waals surface area contributed by atoms with E-state index in [-0.39, 0.29) is 5.91 Å². The Morgan fingerprint density at radius 1 is 1.27 bits per heavy atom. The van der Waals surface area contributed by atoms with Gasteiger partial charge in [0.05, 0.1) is 18.9 Å². The number of hydrogen-bond donors (Lipinski definition) is 1. The van der Waals surface area contributed by atoms with Gasteiger partial charge in [0.15, 0.2) is 0 Å². The van der Waals surface area contributed by atoms with Gasteiger partial charge < -0.3 is 10.1 Å². The lowest BCUT2D eigenvalue weighted by Gasteiger charge is -2.28. The SMILES string of the molecule is COc1ccc(Br)c(C(=O)Nc2cccc3c2CCN(S(C)(=O)=O)C3)c1. The van der Waals surface area contributed by atoms with E-state index in [1.54, 1.807) is 25.3 Å². The number of halogens is 1. The molecule has 1 aliphatic rings. The van der Waals surface area contributed by atoms with Crippen LogP contribution in [0.25, 0.3) is 0 Å². The maximum atomic E-state index is 12.7. The zero-order chi connectivity index (χ0) is 18.9. The molecule has 26 heavy (non-hydrogen) atoms. The smallest absolute Gasteiger partial charge is 0.256 e. The Hall–Kier alpha value is -1.90. The standard InChI is InChI=1S/C18H19BrN2O4S/c1-25-13-6-7-16(19)15(10-13)18(22)20-17-5-3-4-12-11-21(26(2,23)24)9-8-14(12)17/h3-7,10H,8-9,11H2,1-2H3,(H,20,22). The van der Waals surface area contributed by atoms with Crippen LogP contribution in [0.1, 0.15) is 21.5 Å². The van der Waals surface area contributed by atoms with Crippen molar-refractivity contribution in [2.24, 2.45) is 0 Å². The Morgan fingerprint density at radius 3 is 2.73 bits per heavy atom. The molecule has 0 aliphatic carbocycles. The van der Waals surface area contributed by atoms with Crippen molar-refractivity contribution in [1.29, 1.82) is 0 Å². The summed E-state index contributed by atoms with van der Waals surface area (Å²) >= 11 is 3.39. The highest BCUT2D eigenvalue weighted by molar-refractivity contribution is 9.10. The number of benzene rings is 2. The van der Waals surface area contributed by atoms with Crippen LogP contribution in [0.4, 0.5) is 5.69 Å². The average Bonchev–Trinajstić information content (AvgIpc) is 2.61. The molecule has 8 heteroatoms. The number of hydrogen-bond acceptors (Lipinski definition) is 4. The van der Waals surface area contributed by atoms with Gasteiger partial charge in [-0.15, -0.1) is 0 Å². The van der Waals surface area contributed by atoms with Gasteiger partial charge >= 0.3 is 0 Å². The number of anilines is 1. The number of nitrogens with one attached hydrogen (secondary N) is 1. The normalized spacial score (nSPS) is 14.6. The molecule has 0 unspecified atom stereocenters. The van der Waals surface area contributed by atoms with Gasteiger partial charge in [-0.25, -0.2) is 8.42 Å². The molecular weight excluding hydrogens is 420 g/mol. The first-order valence-electron chi connectivity index (χ1n) is 8.00. The topological polar surface area (TPSA) is 75.7 Å². The fraction of sp³-hybridized carbons (Fsp3) is 0.278. The molecule has 0 atom stereocenters. The number of methoxy groups -OCH3 is 1. The van der Waals surface area contributed by atoms with Gasteiger partial charge in [-0.2, -0.15) is 4.31 Å². The van der Waals surface area contributed by atoms with Crippen molar-refractivity contribution < 1.29 is 17.9 Å². The molecule has 2 aromatic carbocycles. The Labute approximate surface area is 161 Å². The lowest BCUT2D eigenvalue weighted by Crippen LogP contribution is -2.35. The summed E-state index contributed by atoms with van der Waals surface area (Å²) in [7, 11) is -1.69. The maximum Gasteiger partial charge on any atom is 0.256 e. The third-order valence-corrected chi connectivity index (χ3v) is 6.31. The van der Waals surface area contributed by atoms with Crippen LogP contribution in [-0.2, 0) is 23.0 Å². The number of carbonyl (C=O) groups is 1. The third-order valence-electron chi connectivity index (χ3n) is 4.37. The van der Waals surface area contributed by atoms with Gasteiger partial charge in [-0.05, 0) is 57.7 Å². The monoisotopic (exact) mass is 438 g/mol. The fourth-order valence-corrected chi connectivity index (χ4v) is 4.20. The van der Waals surface area contributed by atoms with Crippen molar-refractivity contribution >= 4 is 37.5 Å². The summed E-state index contributed by atoms with van der Waals surface area (Å²) < 4.78 is 30.9. The molecule has 1 heterocycles. The molecule has 0 radical (unpaired) electrons. The highest BCUT2D eigenvalue weighted by Gasteiger charge is 2.25. The molecule has 1 amide bonds. The number of nitrogens with zero attached hydrogens (tertiary/aromatic N) is 1. The van der Waals surface area contributed by atoms with Gasteiger partial charge in [0, 0.05) is 23.2 Å². The van der Waals surface area contributed by atoms with Crippen LogP contribution >= 0.6 is 15.9 Å². The van der Waals surface area contributed by atoms with E-state index in [9.17, 15) is 13.2 Å². The summed E-state index contributed by atoms with van der Waals surface area (Å²) in [6.07, 6.45) is 1.77. The summed E-state index contributed by atoms with van der Waals surface area (Å²) in [5.41, 5.74) is 3.05. The molecule has 0 saturated heterocycles. The second-order valence-corrected chi connectivity index (χ2v) is 8.93. The van der Waals surface area contributed by atoms with E-state index in [0.717, 1.165) is 11.1 Å². The lowest BCUT2D eigenvalue weighted by molar-refractivity contribution is 0.102. The predicted molar refractivity (Wildman–Crippen MR) is 104 cm³/mol. The second-order valence-electron chi connectivity index (χ2n) is 6.09. The molecule has 138 valence electrons. The molecular formula is C18H19BrN2O4S. The molecule has 3 rings (SSSR count). The molecule has 1 N–H and O–H groups in total. The van der Waals surface area contributed by atoms with Crippen LogP contribution in [0.2, 0.25) is 0 Å². The first kappa shape index (κ1) is 18.9. The van der Waals surface area contributed by atoms with E-state index < -0.39 is 10.0 Å². The van der Waals surface area contributed by atoms with Crippen LogP contribution in [-0.4, -0.2) is 38.5 Å². The number of ether oxygens (including phenoxy) is 1. The quantitative estimate of drug-likeness (QED) is 0.795. The van der Waals surface area contributed by atoms with Crippen molar-refractivity contribution in [3.63, 3.8) is 0 Å². The van der Waals surface area contributed by atoms with E-state index in [1.807, 2.05) is 18.2 Å². The van der Waals surface area contributed by atoms with Crippen LogP contribution < -0.4 is 10.1 Å². The molecule has 0 spiro atoms. The van der Waals surface area contributed by atoms with Gasteiger partial charge in [0.1, 0.15) is 5.75 Å². The van der Waals surface area contributed by atoms with Crippen LogP contribution in [0.15, 0.2) is 40.9 Å². The first-order valence-corrected chi connectivity index (χ1v) is 10.6. The molecule has 0 bridgehead atoms. The zero-order valence-electron chi connectivity index (χ0n) is 14.5. The highest BCUT2D eigenvalue weighted by Crippen LogP contribution is 2.29.